The van der Waals surface area contributed by atoms with Crippen LogP contribution in [0, 0.1) is 5.92 Å². The molecule has 2 aromatic carbocycles. The molecule has 1 unspecified atom stereocenters. The normalized spacial score (nSPS) is 25.0. The Labute approximate surface area is 183 Å². The number of hydrogen-bond acceptors (Lipinski definition) is 5. The molecule has 1 heterocycles. The maximum atomic E-state index is 12.5. The third-order valence-corrected chi connectivity index (χ3v) is 6.41. The summed E-state index contributed by atoms with van der Waals surface area (Å²) in [4.78, 5) is 12.5. The zero-order chi connectivity index (χ0) is 21.0. The standard InChI is InChI=1S/C26H30O5/c27-26(21-7-11-23(12-8-21)29-16-25-17-30-25)31-24-13-5-20(6-14-24)19-3-9-22(10-4-19)28-15-18-1-2-18/h3-4,7-12,18,20,24-25H,1-2,5-6,13-17H2. The molecule has 0 bridgehead atoms. The summed E-state index contributed by atoms with van der Waals surface area (Å²) in [7, 11) is 0. The summed E-state index contributed by atoms with van der Waals surface area (Å²) < 4.78 is 22.4. The van der Waals surface area contributed by atoms with Gasteiger partial charge >= 0.3 is 5.97 Å². The van der Waals surface area contributed by atoms with Crippen molar-refractivity contribution in [3.63, 3.8) is 0 Å². The van der Waals surface area contributed by atoms with Crippen molar-refractivity contribution in [2.45, 2.75) is 56.7 Å². The third-order valence-electron chi connectivity index (χ3n) is 6.41. The maximum absolute atomic E-state index is 12.5. The van der Waals surface area contributed by atoms with Crippen molar-refractivity contribution in [1.29, 1.82) is 0 Å². The Balaban J connectivity index is 1.06. The second kappa shape index (κ2) is 9.31. The highest BCUT2D eigenvalue weighted by Crippen LogP contribution is 2.35. The number of benzene rings is 2. The zero-order valence-corrected chi connectivity index (χ0v) is 17.8. The van der Waals surface area contributed by atoms with Gasteiger partial charge in [0, 0.05) is 0 Å². The van der Waals surface area contributed by atoms with Crippen LogP contribution in [0.4, 0.5) is 0 Å². The minimum Gasteiger partial charge on any atom is -0.493 e. The smallest absolute Gasteiger partial charge is 0.338 e. The van der Waals surface area contributed by atoms with E-state index >= 15 is 0 Å². The van der Waals surface area contributed by atoms with E-state index < -0.39 is 0 Å². The molecule has 2 saturated carbocycles. The third kappa shape index (κ3) is 5.79. The van der Waals surface area contributed by atoms with Gasteiger partial charge in [0.2, 0.25) is 0 Å². The van der Waals surface area contributed by atoms with Crippen LogP contribution in [0.2, 0.25) is 0 Å². The lowest BCUT2D eigenvalue weighted by Crippen LogP contribution is -2.24. The van der Waals surface area contributed by atoms with Crippen molar-refractivity contribution in [1.82, 2.24) is 0 Å². The fraction of sp³-hybridized carbons (Fsp3) is 0.500. The molecule has 5 heteroatoms. The van der Waals surface area contributed by atoms with E-state index in [2.05, 4.69) is 24.3 Å². The molecule has 0 amide bonds. The molecule has 5 rings (SSSR count). The lowest BCUT2D eigenvalue weighted by atomic mass is 9.83. The average molecular weight is 423 g/mol. The van der Waals surface area contributed by atoms with Crippen LogP contribution < -0.4 is 9.47 Å². The molecule has 1 aliphatic heterocycles. The second-order valence-corrected chi connectivity index (χ2v) is 8.99. The molecule has 5 nitrogen and oxygen atoms in total. The van der Waals surface area contributed by atoms with E-state index in [0.717, 1.165) is 56.3 Å². The van der Waals surface area contributed by atoms with Crippen LogP contribution in [-0.4, -0.2) is 38.0 Å². The van der Waals surface area contributed by atoms with Gasteiger partial charge in [0.15, 0.2) is 0 Å². The number of hydrogen-bond donors (Lipinski definition) is 0. The highest BCUT2D eigenvalue weighted by atomic mass is 16.6. The molecule has 3 fully saturated rings. The molecule has 0 aromatic heterocycles. The van der Waals surface area contributed by atoms with Crippen molar-refractivity contribution in [3.8, 4) is 11.5 Å². The summed E-state index contributed by atoms with van der Waals surface area (Å²) in [6, 6.07) is 15.7. The Morgan fingerprint density at radius 1 is 0.806 bits per heavy atom. The number of carbonyl (C=O) groups excluding carboxylic acids is 1. The van der Waals surface area contributed by atoms with E-state index in [4.69, 9.17) is 18.9 Å². The molecule has 3 aliphatic rings. The Kier molecular flexibility index (Phi) is 6.12. The Bertz CT molecular complexity index is 860. The Morgan fingerprint density at radius 2 is 1.42 bits per heavy atom. The van der Waals surface area contributed by atoms with Crippen LogP contribution in [-0.2, 0) is 9.47 Å². The molecule has 0 N–H and O–H groups in total. The molecule has 31 heavy (non-hydrogen) atoms. The molecule has 2 aliphatic carbocycles. The minimum absolute atomic E-state index is 0.00663. The van der Waals surface area contributed by atoms with E-state index in [0.29, 0.717) is 18.1 Å². The number of ether oxygens (including phenoxy) is 4. The molecule has 0 radical (unpaired) electrons. The zero-order valence-electron chi connectivity index (χ0n) is 17.8. The molecule has 0 spiro atoms. The van der Waals surface area contributed by atoms with Gasteiger partial charge in [0.05, 0.1) is 18.8 Å². The van der Waals surface area contributed by atoms with Crippen molar-refractivity contribution >= 4 is 5.97 Å². The number of rotatable bonds is 9. The summed E-state index contributed by atoms with van der Waals surface area (Å²) in [5.74, 6) is 2.76. The highest BCUT2D eigenvalue weighted by Gasteiger charge is 2.26. The fourth-order valence-corrected chi connectivity index (χ4v) is 4.11. The first-order chi connectivity index (χ1) is 15.2. The first-order valence-electron chi connectivity index (χ1n) is 11.5. The number of esters is 1. The molecule has 1 atom stereocenters. The van der Waals surface area contributed by atoms with Gasteiger partial charge in [-0.05, 0) is 92.3 Å². The van der Waals surface area contributed by atoms with Crippen LogP contribution in [0.5, 0.6) is 11.5 Å². The first kappa shape index (κ1) is 20.4. The van der Waals surface area contributed by atoms with Crippen molar-refractivity contribution in [2.75, 3.05) is 19.8 Å². The predicted molar refractivity (Wildman–Crippen MR) is 117 cm³/mol. The van der Waals surface area contributed by atoms with Crippen molar-refractivity contribution in [2.24, 2.45) is 5.92 Å². The largest absolute Gasteiger partial charge is 0.493 e. The fourth-order valence-electron chi connectivity index (χ4n) is 4.11. The number of carbonyl (C=O) groups is 1. The van der Waals surface area contributed by atoms with Gasteiger partial charge < -0.3 is 18.9 Å². The van der Waals surface area contributed by atoms with E-state index in [1.165, 1.54) is 18.4 Å². The van der Waals surface area contributed by atoms with Gasteiger partial charge in [-0.1, -0.05) is 12.1 Å². The van der Waals surface area contributed by atoms with E-state index in [1.807, 2.05) is 12.1 Å². The van der Waals surface area contributed by atoms with Gasteiger partial charge in [-0.15, -0.1) is 0 Å². The van der Waals surface area contributed by atoms with Gasteiger partial charge in [-0.25, -0.2) is 4.79 Å². The Hall–Kier alpha value is -2.53. The van der Waals surface area contributed by atoms with E-state index in [1.54, 1.807) is 12.1 Å². The summed E-state index contributed by atoms with van der Waals surface area (Å²) in [5.41, 5.74) is 1.93. The van der Waals surface area contributed by atoms with Crippen LogP contribution >= 0.6 is 0 Å². The molecular weight excluding hydrogens is 392 g/mol. The van der Waals surface area contributed by atoms with E-state index in [-0.39, 0.29) is 18.2 Å². The average Bonchev–Trinajstić information content (AvgIpc) is 3.73. The van der Waals surface area contributed by atoms with Gasteiger partial charge in [-0.3, -0.25) is 0 Å². The molecule has 164 valence electrons. The van der Waals surface area contributed by atoms with Crippen LogP contribution in [0.3, 0.4) is 0 Å². The Morgan fingerprint density at radius 3 is 2.03 bits per heavy atom. The molecule has 2 aromatic rings. The van der Waals surface area contributed by atoms with Crippen LogP contribution in [0.1, 0.15) is 60.4 Å². The summed E-state index contributed by atoms with van der Waals surface area (Å²) in [6.07, 6.45) is 6.71. The predicted octanol–water partition coefficient (Wildman–Crippen LogP) is 5.14. The SMILES string of the molecule is O=C(OC1CCC(c2ccc(OCC3CC3)cc2)CC1)c1ccc(OCC2CO2)cc1. The molecule has 1 saturated heterocycles. The van der Waals surface area contributed by atoms with Crippen molar-refractivity contribution in [3.05, 3.63) is 59.7 Å². The van der Waals surface area contributed by atoms with Gasteiger partial charge in [-0.2, -0.15) is 0 Å². The van der Waals surface area contributed by atoms with Crippen molar-refractivity contribution < 1.29 is 23.7 Å². The monoisotopic (exact) mass is 422 g/mol. The van der Waals surface area contributed by atoms with Gasteiger partial charge in [0.1, 0.15) is 30.3 Å². The highest BCUT2D eigenvalue weighted by molar-refractivity contribution is 5.89. The second-order valence-electron chi connectivity index (χ2n) is 8.99. The topological polar surface area (TPSA) is 57.3 Å². The first-order valence-corrected chi connectivity index (χ1v) is 11.5. The van der Waals surface area contributed by atoms with Crippen LogP contribution in [0.25, 0.3) is 0 Å². The van der Waals surface area contributed by atoms with Gasteiger partial charge in [0.25, 0.3) is 0 Å². The lowest BCUT2D eigenvalue weighted by Gasteiger charge is -2.28. The summed E-state index contributed by atoms with van der Waals surface area (Å²) in [6.45, 7) is 2.18. The summed E-state index contributed by atoms with van der Waals surface area (Å²) >= 11 is 0. The quantitative estimate of drug-likeness (QED) is 0.414. The van der Waals surface area contributed by atoms with E-state index in [9.17, 15) is 4.79 Å². The minimum atomic E-state index is -0.252. The maximum Gasteiger partial charge on any atom is 0.338 e. The van der Waals surface area contributed by atoms with Crippen LogP contribution in [0.15, 0.2) is 48.5 Å². The summed E-state index contributed by atoms with van der Waals surface area (Å²) in [5, 5.41) is 0. The lowest BCUT2D eigenvalue weighted by molar-refractivity contribution is 0.0195. The molecular formula is C26H30O5. The number of epoxide rings is 1.